The first kappa shape index (κ1) is 20.3. The van der Waals surface area contributed by atoms with E-state index in [1.807, 2.05) is 72.8 Å². The van der Waals surface area contributed by atoms with Crippen LogP contribution in [0.25, 0.3) is 76.8 Å². The molecule has 1 heterocycles. The summed E-state index contributed by atoms with van der Waals surface area (Å²) in [5.74, 6) is 1.58. The molecule has 0 spiro atoms. The second-order valence-corrected chi connectivity index (χ2v) is 10.9. The van der Waals surface area contributed by atoms with Crippen LogP contribution in [0.1, 0.15) is 5.48 Å². The zero-order chi connectivity index (χ0) is 31.8. The summed E-state index contributed by atoms with van der Waals surface area (Å²) < 4.78 is 42.8. The first-order valence-corrected chi connectivity index (χ1v) is 14.5. The second-order valence-electron chi connectivity index (χ2n) is 10.9. The van der Waals surface area contributed by atoms with Gasteiger partial charge in [-0.1, -0.05) is 139 Å². The normalized spacial score (nSPS) is 13.2. The average Bonchev–Trinajstić information content (AvgIpc) is 3.13. The molecule has 0 amide bonds. The Kier molecular flexibility index (Phi) is 4.45. The van der Waals surface area contributed by atoms with Crippen LogP contribution in [-0.2, 0) is 0 Å². The molecule has 1 heteroatoms. The van der Waals surface area contributed by atoms with E-state index in [1.165, 1.54) is 0 Å². The molecule has 0 unspecified atom stereocenters. The SMILES string of the molecule is [2H]c1c([2H])c([2H])c2c(-c3ccc4c5c(cccc35)-c3ccccc3O4)c3ccccc3c(-c3ccccc3-c3ccccc3)c2c1[2H]. The molecule has 0 N–H and O–H groups in total. The Balaban J connectivity index is 1.48. The first-order chi connectivity index (χ1) is 23.0. The molecule has 0 bridgehead atoms. The third-order valence-corrected chi connectivity index (χ3v) is 8.60. The molecule has 43 heavy (non-hydrogen) atoms. The number of fused-ring (bicyclic) bond motifs is 4. The molecule has 1 aliphatic rings. The molecule has 1 aliphatic heterocycles. The highest BCUT2D eigenvalue weighted by Gasteiger charge is 2.24. The highest BCUT2D eigenvalue weighted by Crippen LogP contribution is 2.51. The number of hydrogen-bond acceptors (Lipinski definition) is 1. The third-order valence-electron chi connectivity index (χ3n) is 8.60. The van der Waals surface area contributed by atoms with E-state index in [1.54, 1.807) is 0 Å². The summed E-state index contributed by atoms with van der Waals surface area (Å²) in [5, 5.41) is 4.80. The van der Waals surface area contributed by atoms with E-state index >= 15 is 0 Å². The maximum Gasteiger partial charge on any atom is 0.135 e. The fourth-order valence-corrected chi connectivity index (χ4v) is 6.80. The third kappa shape index (κ3) is 3.58. The van der Waals surface area contributed by atoms with E-state index in [2.05, 4.69) is 60.7 Å². The van der Waals surface area contributed by atoms with Crippen molar-refractivity contribution in [1.29, 1.82) is 0 Å². The van der Waals surface area contributed by atoms with Gasteiger partial charge in [-0.2, -0.15) is 0 Å². The summed E-state index contributed by atoms with van der Waals surface area (Å²) in [7, 11) is 0. The quantitative estimate of drug-likeness (QED) is 0.199. The van der Waals surface area contributed by atoms with Gasteiger partial charge in [-0.3, -0.25) is 0 Å². The van der Waals surface area contributed by atoms with E-state index in [4.69, 9.17) is 7.48 Å². The topological polar surface area (TPSA) is 9.23 Å². The van der Waals surface area contributed by atoms with Crippen molar-refractivity contribution in [2.24, 2.45) is 0 Å². The molecule has 0 aromatic heterocycles. The Morgan fingerprint density at radius 2 is 0.953 bits per heavy atom. The summed E-state index contributed by atoms with van der Waals surface area (Å²) in [6.07, 6.45) is 0. The Bertz CT molecular complexity index is 2590. The largest absolute Gasteiger partial charge is 0.456 e. The predicted molar refractivity (Wildman–Crippen MR) is 181 cm³/mol. The van der Waals surface area contributed by atoms with Crippen LogP contribution in [0.2, 0.25) is 0 Å². The number of para-hydroxylation sites is 1. The van der Waals surface area contributed by atoms with Crippen LogP contribution < -0.4 is 4.74 Å². The van der Waals surface area contributed by atoms with Crippen molar-refractivity contribution in [3.63, 3.8) is 0 Å². The van der Waals surface area contributed by atoms with Crippen molar-refractivity contribution < 1.29 is 10.2 Å². The lowest BCUT2D eigenvalue weighted by Gasteiger charge is -2.24. The smallest absolute Gasteiger partial charge is 0.135 e. The average molecular weight is 551 g/mol. The van der Waals surface area contributed by atoms with Crippen molar-refractivity contribution in [3.05, 3.63) is 158 Å². The minimum Gasteiger partial charge on any atom is -0.456 e. The van der Waals surface area contributed by atoms with Gasteiger partial charge in [0.2, 0.25) is 0 Å². The molecular weight excluding hydrogens is 520 g/mol. The van der Waals surface area contributed by atoms with Crippen molar-refractivity contribution in [1.82, 2.24) is 0 Å². The number of benzene rings is 8. The molecule has 0 radical (unpaired) electrons. The maximum atomic E-state index is 9.39. The number of ether oxygens (including phenoxy) is 1. The van der Waals surface area contributed by atoms with E-state index in [0.717, 1.165) is 77.6 Å². The zero-order valence-electron chi connectivity index (χ0n) is 27.1. The molecule has 9 rings (SSSR count). The molecule has 8 aromatic carbocycles. The molecule has 0 atom stereocenters. The van der Waals surface area contributed by atoms with Crippen molar-refractivity contribution in [2.75, 3.05) is 0 Å². The molecule has 1 nitrogen and oxygen atoms in total. The summed E-state index contributed by atoms with van der Waals surface area (Å²) in [6, 6.07) is 44.2. The summed E-state index contributed by atoms with van der Waals surface area (Å²) in [4.78, 5) is 0. The van der Waals surface area contributed by atoms with Crippen molar-refractivity contribution in [2.45, 2.75) is 0 Å². The van der Waals surface area contributed by atoms with Gasteiger partial charge >= 0.3 is 0 Å². The molecule has 0 saturated heterocycles. The van der Waals surface area contributed by atoms with Gasteiger partial charge in [0, 0.05) is 10.9 Å². The van der Waals surface area contributed by atoms with Gasteiger partial charge in [0.25, 0.3) is 0 Å². The molecule has 0 saturated carbocycles. The first-order valence-electron chi connectivity index (χ1n) is 16.5. The van der Waals surface area contributed by atoms with E-state index < -0.39 is 0 Å². The van der Waals surface area contributed by atoms with Crippen LogP contribution >= 0.6 is 0 Å². The monoisotopic (exact) mass is 550 g/mol. The minimum absolute atomic E-state index is 0.0501. The van der Waals surface area contributed by atoms with E-state index in [9.17, 15) is 2.74 Å². The van der Waals surface area contributed by atoms with Crippen LogP contribution in [0, 0.1) is 0 Å². The lowest BCUT2D eigenvalue weighted by Crippen LogP contribution is -1.98. The van der Waals surface area contributed by atoms with Crippen LogP contribution in [-0.4, -0.2) is 0 Å². The zero-order valence-corrected chi connectivity index (χ0v) is 23.1. The van der Waals surface area contributed by atoms with Crippen LogP contribution in [0.3, 0.4) is 0 Å². The van der Waals surface area contributed by atoms with Gasteiger partial charge in [-0.05, 0) is 84.1 Å². The molecular formula is C42H26O. The van der Waals surface area contributed by atoms with Crippen molar-refractivity contribution in [3.8, 4) is 56.0 Å². The van der Waals surface area contributed by atoms with Crippen LogP contribution in [0.15, 0.2) is 158 Å². The van der Waals surface area contributed by atoms with Gasteiger partial charge in [0.15, 0.2) is 0 Å². The Morgan fingerprint density at radius 3 is 1.72 bits per heavy atom. The molecule has 0 aliphatic carbocycles. The van der Waals surface area contributed by atoms with Gasteiger partial charge in [0.05, 0.1) is 5.48 Å². The fraction of sp³-hybridized carbons (Fsp3) is 0. The molecule has 200 valence electrons. The summed E-state index contributed by atoms with van der Waals surface area (Å²) >= 11 is 0. The Labute approximate surface area is 255 Å². The number of hydrogen-bond donors (Lipinski definition) is 0. The molecule has 8 aromatic rings. The number of rotatable bonds is 3. The Morgan fingerprint density at radius 1 is 0.372 bits per heavy atom. The van der Waals surface area contributed by atoms with Gasteiger partial charge < -0.3 is 4.74 Å². The maximum absolute atomic E-state index is 9.39. The minimum atomic E-state index is -0.249. The second kappa shape index (κ2) is 9.44. The van der Waals surface area contributed by atoms with Crippen molar-refractivity contribution >= 4 is 32.3 Å². The summed E-state index contributed by atoms with van der Waals surface area (Å²) in [6.45, 7) is 0. The molecule has 0 fully saturated rings. The van der Waals surface area contributed by atoms with E-state index in [-0.39, 0.29) is 24.2 Å². The van der Waals surface area contributed by atoms with Gasteiger partial charge in [0.1, 0.15) is 11.5 Å². The Hall–Kier alpha value is -5.66. The lowest BCUT2D eigenvalue weighted by molar-refractivity contribution is 0.487. The standard InChI is InChI=1S/C42H26O/c1-2-13-27(14-3-1)28-15-4-5-17-30(28)40-32-18-6-8-20-34(32)41(35-21-9-7-19-33(35)40)37-25-26-39-42-31(22-12-23-36(37)42)29-16-10-11-24-38(29)43-39/h1-26H/i6D,8D,18D,20D. The highest BCUT2D eigenvalue weighted by molar-refractivity contribution is 6.25. The van der Waals surface area contributed by atoms with Gasteiger partial charge in [-0.15, -0.1) is 0 Å². The lowest BCUT2D eigenvalue weighted by atomic mass is 9.82. The van der Waals surface area contributed by atoms with E-state index in [0.29, 0.717) is 10.8 Å². The summed E-state index contributed by atoms with van der Waals surface area (Å²) in [5.41, 5.74) is 7.52. The van der Waals surface area contributed by atoms with Crippen LogP contribution in [0.4, 0.5) is 0 Å². The fourth-order valence-electron chi connectivity index (χ4n) is 6.80. The predicted octanol–water partition coefficient (Wildman–Crippen LogP) is 11.9. The van der Waals surface area contributed by atoms with Crippen LogP contribution in [0.5, 0.6) is 11.5 Å². The highest BCUT2D eigenvalue weighted by atomic mass is 16.5. The van der Waals surface area contributed by atoms with Gasteiger partial charge in [-0.25, -0.2) is 0 Å².